The molecule has 0 amide bonds. The second kappa shape index (κ2) is 4.75. The summed E-state index contributed by atoms with van der Waals surface area (Å²) in [5, 5.41) is 4.08. The molecule has 1 heterocycles. The van der Waals surface area contributed by atoms with Crippen LogP contribution >= 0.6 is 0 Å². The summed E-state index contributed by atoms with van der Waals surface area (Å²) in [6.45, 7) is 1.83. The summed E-state index contributed by atoms with van der Waals surface area (Å²) < 4.78 is 14.7. The number of nitrogen functional groups attached to an aromatic ring is 1. The smallest absolute Gasteiger partial charge is 0.126 e. The fourth-order valence-electron chi connectivity index (χ4n) is 2.00. The molecule has 5 nitrogen and oxygen atoms in total. The van der Waals surface area contributed by atoms with Crippen LogP contribution in [0.3, 0.4) is 0 Å². The van der Waals surface area contributed by atoms with Gasteiger partial charge in [0.1, 0.15) is 11.6 Å². The summed E-state index contributed by atoms with van der Waals surface area (Å²) in [4.78, 5) is 0. The highest BCUT2D eigenvalue weighted by Gasteiger charge is 2.19. The molecule has 5 N–H and O–H groups in total. The van der Waals surface area contributed by atoms with Gasteiger partial charge in [0, 0.05) is 12.6 Å². The first-order chi connectivity index (χ1) is 8.54. The van der Waals surface area contributed by atoms with Gasteiger partial charge in [-0.15, -0.1) is 0 Å². The summed E-state index contributed by atoms with van der Waals surface area (Å²) >= 11 is 0. The van der Waals surface area contributed by atoms with Gasteiger partial charge in [-0.2, -0.15) is 5.10 Å². The number of halogens is 1. The molecule has 0 saturated heterocycles. The van der Waals surface area contributed by atoms with Gasteiger partial charge in [0.05, 0.1) is 12.2 Å². The summed E-state index contributed by atoms with van der Waals surface area (Å²) in [5.74, 6) is 5.84. The van der Waals surface area contributed by atoms with E-state index < -0.39 is 0 Å². The van der Waals surface area contributed by atoms with E-state index >= 15 is 0 Å². The van der Waals surface area contributed by atoms with Crippen molar-refractivity contribution in [3.8, 4) is 0 Å². The third-order valence-electron chi connectivity index (χ3n) is 3.03. The molecule has 0 aliphatic carbocycles. The van der Waals surface area contributed by atoms with Crippen LogP contribution in [0.1, 0.15) is 22.7 Å². The van der Waals surface area contributed by atoms with E-state index in [2.05, 4.69) is 10.5 Å². The Bertz CT molecular complexity index is 564. The minimum Gasteiger partial charge on any atom is -0.384 e. The average Bonchev–Trinajstić information content (AvgIpc) is 2.65. The number of hydrogen-bond donors (Lipinski definition) is 3. The van der Waals surface area contributed by atoms with Crippen molar-refractivity contribution in [2.75, 3.05) is 5.73 Å². The minimum absolute atomic E-state index is 0.272. The lowest BCUT2D eigenvalue weighted by atomic mass is 9.97. The van der Waals surface area contributed by atoms with E-state index in [9.17, 15) is 4.39 Å². The molecule has 2 rings (SSSR count). The van der Waals surface area contributed by atoms with Gasteiger partial charge in [-0.05, 0) is 30.2 Å². The monoisotopic (exact) mass is 249 g/mol. The van der Waals surface area contributed by atoms with E-state index in [1.807, 2.05) is 6.92 Å². The van der Waals surface area contributed by atoms with Crippen LogP contribution in [-0.4, -0.2) is 9.78 Å². The van der Waals surface area contributed by atoms with Gasteiger partial charge in [-0.1, -0.05) is 6.07 Å². The zero-order valence-electron chi connectivity index (χ0n) is 10.3. The summed E-state index contributed by atoms with van der Waals surface area (Å²) in [6, 6.07) is 4.26. The zero-order valence-corrected chi connectivity index (χ0v) is 10.3. The van der Waals surface area contributed by atoms with Crippen LogP contribution in [0.2, 0.25) is 0 Å². The van der Waals surface area contributed by atoms with Crippen molar-refractivity contribution in [1.29, 1.82) is 0 Å². The van der Waals surface area contributed by atoms with Crippen LogP contribution in [0.25, 0.3) is 0 Å². The first-order valence-electron chi connectivity index (χ1n) is 5.54. The van der Waals surface area contributed by atoms with E-state index in [-0.39, 0.29) is 11.9 Å². The van der Waals surface area contributed by atoms with Gasteiger partial charge in [0.25, 0.3) is 0 Å². The normalized spacial score (nSPS) is 12.7. The number of aryl methyl sites for hydroxylation is 2. The Kier molecular flexibility index (Phi) is 3.31. The Hall–Kier alpha value is -1.92. The molecule has 0 fully saturated rings. The minimum atomic E-state index is -0.306. The number of nitrogens with two attached hydrogens (primary N) is 2. The molecule has 1 atom stereocenters. The molecular formula is C12H16FN5. The predicted molar refractivity (Wildman–Crippen MR) is 67.9 cm³/mol. The van der Waals surface area contributed by atoms with Gasteiger partial charge in [0.15, 0.2) is 0 Å². The molecule has 1 aromatic heterocycles. The summed E-state index contributed by atoms with van der Waals surface area (Å²) in [6.07, 6.45) is 1.66. The van der Waals surface area contributed by atoms with Crippen molar-refractivity contribution < 1.29 is 4.39 Å². The lowest BCUT2D eigenvalue weighted by Crippen LogP contribution is -2.29. The third-order valence-corrected chi connectivity index (χ3v) is 3.03. The maximum absolute atomic E-state index is 13.1. The molecule has 96 valence electrons. The maximum atomic E-state index is 13.1. The van der Waals surface area contributed by atoms with Crippen molar-refractivity contribution in [3.63, 3.8) is 0 Å². The highest BCUT2D eigenvalue weighted by molar-refractivity contribution is 5.47. The molecule has 0 bridgehead atoms. The fourth-order valence-corrected chi connectivity index (χ4v) is 2.00. The third kappa shape index (κ3) is 2.07. The number of nitrogens with zero attached hydrogens (tertiary/aromatic N) is 2. The topological polar surface area (TPSA) is 81.9 Å². The number of rotatable bonds is 3. The van der Waals surface area contributed by atoms with E-state index in [0.717, 1.165) is 16.7 Å². The first kappa shape index (κ1) is 12.5. The van der Waals surface area contributed by atoms with Crippen LogP contribution in [0.15, 0.2) is 24.4 Å². The second-order valence-electron chi connectivity index (χ2n) is 4.21. The fraction of sp³-hybridized carbons (Fsp3) is 0.250. The number of nitrogens with one attached hydrogen (secondary N) is 1. The molecule has 0 radical (unpaired) electrons. The summed E-state index contributed by atoms with van der Waals surface area (Å²) in [7, 11) is 1.75. The van der Waals surface area contributed by atoms with Crippen molar-refractivity contribution in [1.82, 2.24) is 15.2 Å². The van der Waals surface area contributed by atoms with E-state index in [1.165, 1.54) is 12.1 Å². The standard InChI is InChI=1S/C12H16FN5/c1-7-5-8(13)3-4-9(7)11(17-15)10-6-16-18(2)12(10)14/h3-6,11,17H,14-15H2,1-2H3. The molecule has 1 unspecified atom stereocenters. The Morgan fingerprint density at radius 1 is 1.39 bits per heavy atom. The van der Waals surface area contributed by atoms with Gasteiger partial charge in [-0.3, -0.25) is 10.5 Å². The van der Waals surface area contributed by atoms with E-state index in [4.69, 9.17) is 11.6 Å². The number of hydrogen-bond acceptors (Lipinski definition) is 4. The molecule has 2 aromatic rings. The van der Waals surface area contributed by atoms with Crippen molar-refractivity contribution in [2.24, 2.45) is 12.9 Å². The zero-order chi connectivity index (χ0) is 13.3. The first-order valence-corrected chi connectivity index (χ1v) is 5.54. The van der Waals surface area contributed by atoms with Crippen LogP contribution < -0.4 is 17.0 Å². The molecule has 0 aliphatic rings. The van der Waals surface area contributed by atoms with Gasteiger partial charge >= 0.3 is 0 Å². The Morgan fingerprint density at radius 3 is 2.61 bits per heavy atom. The largest absolute Gasteiger partial charge is 0.384 e. The second-order valence-corrected chi connectivity index (χ2v) is 4.21. The predicted octanol–water partition coefficient (Wildman–Crippen LogP) is 1.00. The van der Waals surface area contributed by atoms with Crippen molar-refractivity contribution in [3.05, 3.63) is 46.9 Å². The number of hydrazine groups is 1. The highest BCUT2D eigenvalue weighted by Crippen LogP contribution is 2.28. The highest BCUT2D eigenvalue weighted by atomic mass is 19.1. The van der Waals surface area contributed by atoms with E-state index in [1.54, 1.807) is 24.0 Å². The number of anilines is 1. The van der Waals surface area contributed by atoms with Crippen molar-refractivity contribution in [2.45, 2.75) is 13.0 Å². The maximum Gasteiger partial charge on any atom is 0.126 e. The Balaban J connectivity index is 2.48. The van der Waals surface area contributed by atoms with Crippen molar-refractivity contribution >= 4 is 5.82 Å². The Morgan fingerprint density at radius 2 is 2.11 bits per heavy atom. The molecular weight excluding hydrogens is 233 g/mol. The number of aromatic nitrogens is 2. The lowest BCUT2D eigenvalue weighted by molar-refractivity contribution is 0.612. The lowest BCUT2D eigenvalue weighted by Gasteiger charge is -2.18. The number of benzene rings is 1. The molecule has 6 heteroatoms. The Labute approximate surface area is 105 Å². The van der Waals surface area contributed by atoms with Crippen LogP contribution in [0.4, 0.5) is 10.2 Å². The summed E-state index contributed by atoms with van der Waals surface area (Å²) in [5.41, 5.74) is 11.1. The average molecular weight is 249 g/mol. The van der Waals surface area contributed by atoms with Crippen LogP contribution in [-0.2, 0) is 7.05 Å². The molecule has 0 saturated carbocycles. The molecule has 0 aliphatic heterocycles. The van der Waals surface area contributed by atoms with Crippen LogP contribution in [0, 0.1) is 12.7 Å². The SMILES string of the molecule is Cc1cc(F)ccc1C(NN)c1cnn(C)c1N. The molecule has 0 spiro atoms. The van der Waals surface area contributed by atoms with Crippen LogP contribution in [0.5, 0.6) is 0 Å². The van der Waals surface area contributed by atoms with E-state index in [0.29, 0.717) is 5.82 Å². The molecule has 1 aromatic carbocycles. The van der Waals surface area contributed by atoms with Gasteiger partial charge in [0.2, 0.25) is 0 Å². The van der Waals surface area contributed by atoms with Gasteiger partial charge in [-0.25, -0.2) is 9.82 Å². The quantitative estimate of drug-likeness (QED) is 0.560. The van der Waals surface area contributed by atoms with Gasteiger partial charge < -0.3 is 5.73 Å². The molecule has 18 heavy (non-hydrogen) atoms.